The second-order valence-electron chi connectivity index (χ2n) is 4.84. The number of ether oxygens (including phenoxy) is 1. The van der Waals surface area contributed by atoms with Crippen molar-refractivity contribution in [1.29, 1.82) is 0 Å². The van der Waals surface area contributed by atoms with Gasteiger partial charge >= 0.3 is 5.97 Å². The lowest BCUT2D eigenvalue weighted by Gasteiger charge is -2.15. The molecule has 1 atom stereocenters. The predicted octanol–water partition coefficient (Wildman–Crippen LogP) is 3.52. The van der Waals surface area contributed by atoms with Crippen LogP contribution in [0.4, 0.5) is 11.4 Å². The number of esters is 1. The van der Waals surface area contributed by atoms with Crippen molar-refractivity contribution in [3.63, 3.8) is 0 Å². The van der Waals surface area contributed by atoms with Crippen molar-refractivity contribution in [2.24, 2.45) is 0 Å². The van der Waals surface area contributed by atoms with Gasteiger partial charge in [-0.15, -0.1) is 0 Å². The molecule has 0 aliphatic rings. The maximum atomic E-state index is 11.6. The van der Waals surface area contributed by atoms with E-state index in [-0.39, 0.29) is 12.0 Å². The van der Waals surface area contributed by atoms with Crippen molar-refractivity contribution in [3.05, 3.63) is 47.4 Å². The van der Waals surface area contributed by atoms with Crippen LogP contribution >= 0.6 is 0 Å². The largest absolute Gasteiger partial charge is 0.464 e. The molecule has 1 heterocycles. The fraction of sp³-hybridized carbons (Fsp3) is 0.312. The Morgan fingerprint density at radius 1 is 1.38 bits per heavy atom. The van der Waals surface area contributed by atoms with Gasteiger partial charge in [0, 0.05) is 0 Å². The minimum Gasteiger partial charge on any atom is -0.464 e. The summed E-state index contributed by atoms with van der Waals surface area (Å²) in [6.07, 6.45) is 0. The highest BCUT2D eigenvalue weighted by atomic mass is 16.5. The minimum absolute atomic E-state index is 0.0190. The summed E-state index contributed by atoms with van der Waals surface area (Å²) in [5.41, 5.74) is 7.68. The Balaban J connectivity index is 2.12. The van der Waals surface area contributed by atoms with E-state index in [2.05, 4.69) is 5.32 Å². The number of nitrogens with one attached hydrogen (secondary N) is 1. The molecule has 3 N–H and O–H groups in total. The van der Waals surface area contributed by atoms with Crippen LogP contribution in [0.15, 0.2) is 34.7 Å². The van der Waals surface area contributed by atoms with Crippen LogP contribution in [0.1, 0.15) is 41.8 Å². The number of benzene rings is 1. The first-order valence-electron chi connectivity index (χ1n) is 6.90. The lowest BCUT2D eigenvalue weighted by Crippen LogP contribution is -2.09. The van der Waals surface area contributed by atoms with Gasteiger partial charge in [-0.3, -0.25) is 0 Å². The Hall–Kier alpha value is -2.43. The second kappa shape index (κ2) is 6.35. The molecule has 0 aliphatic carbocycles. The van der Waals surface area contributed by atoms with Gasteiger partial charge in [0.25, 0.3) is 0 Å². The van der Waals surface area contributed by atoms with E-state index in [4.69, 9.17) is 14.9 Å². The highest BCUT2D eigenvalue weighted by Crippen LogP contribution is 2.26. The van der Waals surface area contributed by atoms with Crippen LogP contribution in [-0.2, 0) is 4.74 Å². The average molecular weight is 288 g/mol. The molecule has 0 radical (unpaired) electrons. The Morgan fingerprint density at radius 3 is 2.71 bits per heavy atom. The average Bonchev–Trinajstić information content (AvgIpc) is 2.88. The zero-order chi connectivity index (χ0) is 15.4. The summed E-state index contributed by atoms with van der Waals surface area (Å²) >= 11 is 0. The summed E-state index contributed by atoms with van der Waals surface area (Å²) in [6, 6.07) is 8.90. The second-order valence-corrected chi connectivity index (χ2v) is 4.84. The topological polar surface area (TPSA) is 77.5 Å². The minimum atomic E-state index is -0.370. The molecule has 0 saturated heterocycles. The molecule has 0 spiro atoms. The maximum absolute atomic E-state index is 11.6. The van der Waals surface area contributed by atoms with Gasteiger partial charge in [0.05, 0.1) is 29.6 Å². The molecule has 1 aromatic carbocycles. The molecule has 0 fully saturated rings. The molecule has 5 nitrogen and oxygen atoms in total. The zero-order valence-electron chi connectivity index (χ0n) is 12.5. The van der Waals surface area contributed by atoms with Crippen LogP contribution < -0.4 is 11.1 Å². The molecule has 5 heteroatoms. The molecule has 112 valence electrons. The number of carbonyl (C=O) groups excluding carboxylic acids is 1. The molecule has 0 amide bonds. The third kappa shape index (κ3) is 3.56. The zero-order valence-corrected chi connectivity index (χ0v) is 12.5. The molecule has 0 bridgehead atoms. The van der Waals surface area contributed by atoms with Gasteiger partial charge in [-0.1, -0.05) is 0 Å². The fourth-order valence-corrected chi connectivity index (χ4v) is 2.03. The Labute approximate surface area is 124 Å². The van der Waals surface area contributed by atoms with Crippen LogP contribution in [0, 0.1) is 6.92 Å². The molecule has 1 aromatic heterocycles. The lowest BCUT2D eigenvalue weighted by atomic mass is 10.1. The number of carbonyl (C=O) groups is 1. The molecule has 2 rings (SSSR count). The van der Waals surface area contributed by atoms with Crippen LogP contribution in [0.2, 0.25) is 0 Å². The number of anilines is 2. The number of hydrogen-bond donors (Lipinski definition) is 2. The highest BCUT2D eigenvalue weighted by molar-refractivity contribution is 5.91. The van der Waals surface area contributed by atoms with Crippen LogP contribution in [0.3, 0.4) is 0 Å². The van der Waals surface area contributed by atoms with E-state index in [0.29, 0.717) is 17.9 Å². The van der Waals surface area contributed by atoms with Gasteiger partial charge in [-0.25, -0.2) is 4.79 Å². The quantitative estimate of drug-likeness (QED) is 0.650. The van der Waals surface area contributed by atoms with Gasteiger partial charge in [0.1, 0.15) is 11.5 Å². The van der Waals surface area contributed by atoms with Gasteiger partial charge in [0.15, 0.2) is 0 Å². The number of furan rings is 1. The molecule has 21 heavy (non-hydrogen) atoms. The van der Waals surface area contributed by atoms with Crippen LogP contribution in [-0.4, -0.2) is 12.6 Å². The van der Waals surface area contributed by atoms with E-state index < -0.39 is 0 Å². The molecule has 1 unspecified atom stereocenters. The summed E-state index contributed by atoms with van der Waals surface area (Å²) in [5, 5.41) is 3.27. The first kappa shape index (κ1) is 15.0. The van der Waals surface area contributed by atoms with Gasteiger partial charge in [-0.05, 0) is 51.1 Å². The van der Waals surface area contributed by atoms with Gasteiger partial charge in [0.2, 0.25) is 0 Å². The Bertz CT molecular complexity index is 634. The SMILES string of the molecule is CCOC(=O)c1ccc(NC(C)c2ccc(C)o2)c(N)c1. The Kier molecular flexibility index (Phi) is 4.52. The van der Waals surface area contributed by atoms with E-state index in [9.17, 15) is 4.79 Å². The number of nitrogens with two attached hydrogens (primary N) is 1. The van der Waals surface area contributed by atoms with Crippen LogP contribution in [0.5, 0.6) is 0 Å². The fourth-order valence-electron chi connectivity index (χ4n) is 2.03. The van der Waals surface area contributed by atoms with Crippen molar-refractivity contribution in [2.45, 2.75) is 26.8 Å². The number of hydrogen-bond acceptors (Lipinski definition) is 5. The van der Waals surface area contributed by atoms with Crippen molar-refractivity contribution < 1.29 is 13.9 Å². The molecular weight excluding hydrogens is 268 g/mol. The van der Waals surface area contributed by atoms with E-state index >= 15 is 0 Å². The van der Waals surface area contributed by atoms with Crippen molar-refractivity contribution in [2.75, 3.05) is 17.7 Å². The van der Waals surface area contributed by atoms with Crippen molar-refractivity contribution in [1.82, 2.24) is 0 Å². The van der Waals surface area contributed by atoms with E-state index in [1.807, 2.05) is 26.0 Å². The number of rotatable bonds is 5. The van der Waals surface area contributed by atoms with Crippen LogP contribution in [0.25, 0.3) is 0 Å². The predicted molar refractivity (Wildman–Crippen MR) is 82.3 cm³/mol. The molecule has 2 aromatic rings. The lowest BCUT2D eigenvalue weighted by molar-refractivity contribution is 0.0526. The number of aryl methyl sites for hydroxylation is 1. The summed E-state index contributed by atoms with van der Waals surface area (Å²) in [6.45, 7) is 5.99. The summed E-state index contributed by atoms with van der Waals surface area (Å²) < 4.78 is 10.5. The molecule has 0 saturated carbocycles. The molecule has 0 aliphatic heterocycles. The molecular formula is C16H20N2O3. The maximum Gasteiger partial charge on any atom is 0.338 e. The third-order valence-corrected chi connectivity index (χ3v) is 3.12. The first-order chi connectivity index (χ1) is 10.0. The van der Waals surface area contributed by atoms with Gasteiger partial charge < -0.3 is 20.2 Å². The van der Waals surface area contributed by atoms with E-state index in [1.54, 1.807) is 25.1 Å². The first-order valence-corrected chi connectivity index (χ1v) is 6.90. The monoisotopic (exact) mass is 288 g/mol. The summed E-state index contributed by atoms with van der Waals surface area (Å²) in [4.78, 5) is 11.6. The Morgan fingerprint density at radius 2 is 2.14 bits per heavy atom. The van der Waals surface area contributed by atoms with Gasteiger partial charge in [-0.2, -0.15) is 0 Å². The third-order valence-electron chi connectivity index (χ3n) is 3.12. The number of nitrogen functional groups attached to an aromatic ring is 1. The summed E-state index contributed by atoms with van der Waals surface area (Å²) in [5.74, 6) is 1.33. The van der Waals surface area contributed by atoms with E-state index in [0.717, 1.165) is 17.2 Å². The van der Waals surface area contributed by atoms with E-state index in [1.165, 1.54) is 0 Å². The summed E-state index contributed by atoms with van der Waals surface area (Å²) in [7, 11) is 0. The van der Waals surface area contributed by atoms with Crippen molar-refractivity contribution >= 4 is 17.3 Å². The van der Waals surface area contributed by atoms with Crippen molar-refractivity contribution in [3.8, 4) is 0 Å². The standard InChI is InChI=1S/C16H20N2O3/c1-4-20-16(19)12-6-7-14(13(17)9-12)18-11(3)15-8-5-10(2)21-15/h5-9,11,18H,4,17H2,1-3H3. The smallest absolute Gasteiger partial charge is 0.338 e. The highest BCUT2D eigenvalue weighted by Gasteiger charge is 2.13. The normalized spacial score (nSPS) is 12.0.